The van der Waals surface area contributed by atoms with Crippen LogP contribution in [0.4, 0.5) is 0 Å². The van der Waals surface area contributed by atoms with Crippen LogP contribution < -0.4 is 5.32 Å². The van der Waals surface area contributed by atoms with Gasteiger partial charge >= 0.3 is 0 Å². The average molecular weight is 421 g/mol. The molecule has 1 aromatic heterocycles. The number of hydrogen-bond donors (Lipinski definition) is 2. The summed E-state index contributed by atoms with van der Waals surface area (Å²) in [6, 6.07) is 9.58. The van der Waals surface area contributed by atoms with Crippen LogP contribution in [0.2, 0.25) is 0 Å². The molecule has 2 heterocycles. The van der Waals surface area contributed by atoms with Crippen molar-refractivity contribution in [2.45, 2.75) is 17.9 Å². The third-order valence-corrected chi connectivity index (χ3v) is 6.93. The van der Waals surface area contributed by atoms with E-state index in [9.17, 15) is 13.2 Å². The number of H-pyrrole nitrogens is 1. The molecule has 29 heavy (non-hydrogen) atoms. The van der Waals surface area contributed by atoms with Crippen molar-refractivity contribution in [3.63, 3.8) is 0 Å². The molecule has 2 aromatic rings. The number of sulfonamides is 1. The van der Waals surface area contributed by atoms with Gasteiger partial charge in [0.2, 0.25) is 10.0 Å². The van der Waals surface area contributed by atoms with E-state index in [1.165, 1.54) is 22.1 Å². The molecule has 158 valence electrons. The number of hydrogen-bond acceptors (Lipinski definition) is 5. The van der Waals surface area contributed by atoms with Gasteiger partial charge in [-0.3, -0.25) is 4.79 Å². The lowest BCUT2D eigenvalue weighted by Gasteiger charge is -2.25. The second-order valence-corrected chi connectivity index (χ2v) is 9.30. The fourth-order valence-electron chi connectivity index (χ4n) is 3.26. The lowest BCUT2D eigenvalue weighted by molar-refractivity contribution is 0.0730. The molecule has 1 aliphatic heterocycles. The Labute approximate surface area is 171 Å². The number of likely N-dealkylation sites (N-methyl/N-ethyl adjacent to an activating group) is 1. The van der Waals surface area contributed by atoms with Gasteiger partial charge in [-0.15, -0.1) is 0 Å². The molecule has 0 spiro atoms. The van der Waals surface area contributed by atoms with E-state index in [1.54, 1.807) is 0 Å². The van der Waals surface area contributed by atoms with Crippen molar-refractivity contribution < 1.29 is 17.9 Å². The van der Waals surface area contributed by atoms with Crippen molar-refractivity contribution in [2.75, 3.05) is 46.9 Å². The van der Waals surface area contributed by atoms with E-state index >= 15 is 0 Å². The molecule has 0 radical (unpaired) electrons. The molecule has 3 rings (SSSR count). The largest absolute Gasteiger partial charge is 0.379 e. The second kappa shape index (κ2) is 9.08. The number of aromatic nitrogens is 1. The van der Waals surface area contributed by atoms with Crippen molar-refractivity contribution in [2.24, 2.45) is 0 Å². The zero-order valence-corrected chi connectivity index (χ0v) is 17.8. The maximum Gasteiger partial charge on any atom is 0.267 e. The van der Waals surface area contributed by atoms with Crippen LogP contribution in [0.5, 0.6) is 0 Å². The zero-order chi connectivity index (χ0) is 21.0. The first-order valence-electron chi connectivity index (χ1n) is 9.56. The molecule has 1 atom stereocenters. The van der Waals surface area contributed by atoms with Gasteiger partial charge in [-0.2, -0.15) is 4.31 Å². The number of benzene rings is 1. The number of carbonyl (C=O) groups excluding carboxylic acids is 1. The molecule has 1 aliphatic rings. The minimum absolute atomic E-state index is 0.00562. The normalized spacial score (nSPS) is 16.7. The summed E-state index contributed by atoms with van der Waals surface area (Å²) in [4.78, 5) is 17.5. The molecule has 9 heteroatoms. The van der Waals surface area contributed by atoms with Gasteiger partial charge in [0.15, 0.2) is 0 Å². The quantitative estimate of drug-likeness (QED) is 0.706. The minimum atomic E-state index is -3.63. The molecule has 1 saturated heterocycles. The molecule has 0 saturated carbocycles. The third-order valence-electron chi connectivity index (χ3n) is 5.05. The predicted molar refractivity (Wildman–Crippen MR) is 110 cm³/mol. The molecule has 0 bridgehead atoms. The van der Waals surface area contributed by atoms with Gasteiger partial charge in [-0.05, 0) is 32.6 Å². The summed E-state index contributed by atoms with van der Waals surface area (Å²) in [5.74, 6) is -0.340. The number of nitrogens with zero attached hydrogens (tertiary/aromatic N) is 2. The van der Waals surface area contributed by atoms with E-state index in [-0.39, 0.29) is 22.5 Å². The van der Waals surface area contributed by atoms with Crippen LogP contribution in [-0.2, 0) is 14.8 Å². The van der Waals surface area contributed by atoms with Crippen LogP contribution >= 0.6 is 0 Å². The fourth-order valence-corrected chi connectivity index (χ4v) is 4.66. The molecule has 8 nitrogen and oxygen atoms in total. The topological polar surface area (TPSA) is 94.7 Å². The first-order valence-corrected chi connectivity index (χ1v) is 11.0. The van der Waals surface area contributed by atoms with Crippen molar-refractivity contribution in [1.29, 1.82) is 0 Å². The average Bonchev–Trinajstić information content (AvgIpc) is 3.21. The lowest BCUT2D eigenvalue weighted by atomic mass is 10.0. The highest BCUT2D eigenvalue weighted by Crippen LogP contribution is 2.20. The van der Waals surface area contributed by atoms with Crippen molar-refractivity contribution >= 4 is 15.9 Å². The summed E-state index contributed by atoms with van der Waals surface area (Å²) in [5.41, 5.74) is 2.50. The molecule has 1 unspecified atom stereocenters. The highest BCUT2D eigenvalue weighted by molar-refractivity contribution is 7.89. The zero-order valence-electron chi connectivity index (χ0n) is 17.0. The molecule has 2 N–H and O–H groups in total. The Morgan fingerprint density at radius 2 is 1.90 bits per heavy atom. The Morgan fingerprint density at radius 1 is 1.24 bits per heavy atom. The smallest absolute Gasteiger partial charge is 0.267 e. The molecule has 1 amide bonds. The number of amides is 1. The minimum Gasteiger partial charge on any atom is -0.379 e. The van der Waals surface area contributed by atoms with E-state index in [4.69, 9.17) is 4.74 Å². The highest BCUT2D eigenvalue weighted by atomic mass is 32.2. The summed E-state index contributed by atoms with van der Waals surface area (Å²) in [5, 5.41) is 2.90. The Bertz CT molecular complexity index is 932. The number of aromatic amines is 1. The number of carbonyl (C=O) groups is 1. The first-order chi connectivity index (χ1) is 13.8. The monoisotopic (exact) mass is 420 g/mol. The number of aryl methyl sites for hydroxylation is 1. The fraction of sp³-hybridized carbons (Fsp3) is 0.450. The number of ether oxygens (including phenoxy) is 1. The van der Waals surface area contributed by atoms with Gasteiger partial charge in [-0.1, -0.05) is 29.8 Å². The van der Waals surface area contributed by atoms with Crippen LogP contribution in [0.15, 0.2) is 41.4 Å². The van der Waals surface area contributed by atoms with Gasteiger partial charge in [0, 0.05) is 25.8 Å². The van der Waals surface area contributed by atoms with Crippen LogP contribution in [0, 0.1) is 6.92 Å². The summed E-state index contributed by atoms with van der Waals surface area (Å²) >= 11 is 0. The van der Waals surface area contributed by atoms with Gasteiger partial charge in [-0.25, -0.2) is 8.42 Å². The molecular formula is C20H28N4O4S. The molecular weight excluding hydrogens is 392 g/mol. The summed E-state index contributed by atoms with van der Waals surface area (Å²) in [7, 11) is 0.281. The van der Waals surface area contributed by atoms with Crippen molar-refractivity contribution in [3.8, 4) is 0 Å². The number of rotatable bonds is 7. The van der Waals surface area contributed by atoms with E-state index in [0.717, 1.165) is 5.56 Å². The Hall–Kier alpha value is -2.20. The summed E-state index contributed by atoms with van der Waals surface area (Å²) in [6.07, 6.45) is 1.36. The second-order valence-electron chi connectivity index (χ2n) is 7.37. The molecule has 1 aromatic carbocycles. The lowest BCUT2D eigenvalue weighted by Crippen LogP contribution is -2.40. The third kappa shape index (κ3) is 5.05. The Morgan fingerprint density at radius 3 is 2.52 bits per heavy atom. The predicted octanol–water partition coefficient (Wildman–Crippen LogP) is 1.38. The first kappa shape index (κ1) is 21.5. The molecule has 1 fully saturated rings. The van der Waals surface area contributed by atoms with Crippen molar-refractivity contribution in [3.05, 3.63) is 53.3 Å². The maximum absolute atomic E-state index is 12.7. The van der Waals surface area contributed by atoms with E-state index in [2.05, 4.69) is 10.3 Å². The molecule has 0 aliphatic carbocycles. The van der Waals surface area contributed by atoms with Crippen LogP contribution in [0.3, 0.4) is 0 Å². The summed E-state index contributed by atoms with van der Waals surface area (Å²) in [6.45, 7) is 3.82. The number of nitrogens with one attached hydrogen (secondary N) is 2. The maximum atomic E-state index is 12.7. The van der Waals surface area contributed by atoms with Gasteiger partial charge < -0.3 is 19.9 Å². The van der Waals surface area contributed by atoms with E-state index in [0.29, 0.717) is 32.8 Å². The SMILES string of the molecule is Cc1ccc(C(CNC(=O)c2cc(S(=O)(=O)N3CCOCC3)c[nH]2)N(C)C)cc1. The van der Waals surface area contributed by atoms with Gasteiger partial charge in [0.1, 0.15) is 10.6 Å². The van der Waals surface area contributed by atoms with Crippen LogP contribution in [0.25, 0.3) is 0 Å². The van der Waals surface area contributed by atoms with Crippen molar-refractivity contribution in [1.82, 2.24) is 19.5 Å². The summed E-state index contributed by atoms with van der Waals surface area (Å²) < 4.78 is 32.0. The van der Waals surface area contributed by atoms with Gasteiger partial charge in [0.05, 0.1) is 19.3 Å². The van der Waals surface area contributed by atoms with E-state index in [1.807, 2.05) is 50.2 Å². The Kier molecular flexibility index (Phi) is 6.74. The Balaban J connectivity index is 1.67. The van der Waals surface area contributed by atoms with E-state index < -0.39 is 10.0 Å². The van der Waals surface area contributed by atoms with Crippen LogP contribution in [0.1, 0.15) is 27.7 Å². The highest BCUT2D eigenvalue weighted by Gasteiger charge is 2.28. The van der Waals surface area contributed by atoms with Crippen LogP contribution in [-0.4, -0.2) is 75.5 Å². The number of morpholine rings is 1. The van der Waals surface area contributed by atoms with Gasteiger partial charge in [0.25, 0.3) is 5.91 Å². The standard InChI is InChI=1S/C20H28N4O4S/c1-15-4-6-16(7-5-15)19(23(2)3)14-22-20(25)18-12-17(13-21-18)29(26,27)24-8-10-28-11-9-24/h4-7,12-13,19,21H,8-11,14H2,1-3H3,(H,22,25).